The summed E-state index contributed by atoms with van der Waals surface area (Å²) in [6.45, 7) is 0. The zero-order valence-corrected chi connectivity index (χ0v) is 11.1. The van der Waals surface area contributed by atoms with Gasteiger partial charge in [0.15, 0.2) is 5.78 Å². The molecular weight excluding hydrogens is 271 g/mol. The smallest absolute Gasteiger partial charge is 0.196 e. The van der Waals surface area contributed by atoms with Crippen molar-refractivity contribution < 1.29 is 4.79 Å². The SMILES string of the molecule is CNc1ncccc1C(=O)c1cc(Cl)cc(Cl)c1. The molecule has 0 radical (unpaired) electrons. The monoisotopic (exact) mass is 280 g/mol. The van der Waals surface area contributed by atoms with Crippen molar-refractivity contribution in [2.24, 2.45) is 0 Å². The molecule has 1 N–H and O–H groups in total. The fraction of sp³-hybridized carbons (Fsp3) is 0.0769. The number of rotatable bonds is 3. The van der Waals surface area contributed by atoms with Crippen LogP contribution in [0.5, 0.6) is 0 Å². The Kier molecular flexibility index (Phi) is 3.84. The second kappa shape index (κ2) is 5.38. The number of nitrogens with zero attached hydrogens (tertiary/aromatic N) is 1. The average Bonchev–Trinajstić information content (AvgIpc) is 2.36. The molecule has 0 fully saturated rings. The highest BCUT2D eigenvalue weighted by molar-refractivity contribution is 6.35. The van der Waals surface area contributed by atoms with Gasteiger partial charge in [0.2, 0.25) is 0 Å². The van der Waals surface area contributed by atoms with E-state index in [0.717, 1.165) is 0 Å². The molecule has 0 atom stereocenters. The summed E-state index contributed by atoms with van der Waals surface area (Å²) in [7, 11) is 1.71. The van der Waals surface area contributed by atoms with Gasteiger partial charge in [-0.15, -0.1) is 0 Å². The van der Waals surface area contributed by atoms with Crippen molar-refractivity contribution in [1.82, 2.24) is 4.98 Å². The minimum absolute atomic E-state index is 0.170. The third kappa shape index (κ3) is 2.63. The van der Waals surface area contributed by atoms with Crippen LogP contribution in [0, 0.1) is 0 Å². The van der Waals surface area contributed by atoms with Crippen molar-refractivity contribution in [2.45, 2.75) is 0 Å². The molecule has 0 saturated heterocycles. The van der Waals surface area contributed by atoms with Crippen LogP contribution >= 0.6 is 23.2 Å². The van der Waals surface area contributed by atoms with E-state index in [2.05, 4.69) is 10.3 Å². The summed E-state index contributed by atoms with van der Waals surface area (Å²) in [5.41, 5.74) is 0.926. The summed E-state index contributed by atoms with van der Waals surface area (Å²) >= 11 is 11.8. The molecule has 0 bridgehead atoms. The zero-order chi connectivity index (χ0) is 13.1. The molecule has 0 saturated carbocycles. The zero-order valence-electron chi connectivity index (χ0n) is 9.58. The molecule has 2 aromatic rings. The van der Waals surface area contributed by atoms with E-state index in [9.17, 15) is 4.79 Å². The first-order chi connectivity index (χ1) is 8.61. The summed E-state index contributed by atoms with van der Waals surface area (Å²) in [4.78, 5) is 16.4. The molecular formula is C13H10Cl2N2O. The van der Waals surface area contributed by atoms with Crippen molar-refractivity contribution in [1.29, 1.82) is 0 Å². The van der Waals surface area contributed by atoms with Gasteiger partial charge in [-0.3, -0.25) is 4.79 Å². The molecule has 5 heteroatoms. The molecule has 0 spiro atoms. The van der Waals surface area contributed by atoms with Gasteiger partial charge in [-0.1, -0.05) is 23.2 Å². The highest BCUT2D eigenvalue weighted by atomic mass is 35.5. The van der Waals surface area contributed by atoms with Crippen LogP contribution in [0.25, 0.3) is 0 Å². The molecule has 3 nitrogen and oxygen atoms in total. The van der Waals surface area contributed by atoms with Crippen molar-refractivity contribution in [3.63, 3.8) is 0 Å². The number of anilines is 1. The van der Waals surface area contributed by atoms with Crippen molar-refractivity contribution >= 4 is 34.8 Å². The van der Waals surface area contributed by atoms with Crippen molar-refractivity contribution in [3.8, 4) is 0 Å². The lowest BCUT2D eigenvalue weighted by atomic mass is 10.0. The van der Waals surface area contributed by atoms with E-state index >= 15 is 0 Å². The van der Waals surface area contributed by atoms with Gasteiger partial charge in [0.1, 0.15) is 5.82 Å². The Morgan fingerprint density at radius 1 is 1.22 bits per heavy atom. The number of hydrogen-bond donors (Lipinski definition) is 1. The number of aromatic nitrogens is 1. The Labute approximate surface area is 115 Å². The minimum Gasteiger partial charge on any atom is -0.373 e. The molecule has 92 valence electrons. The van der Waals surface area contributed by atoms with Gasteiger partial charge in [-0.2, -0.15) is 0 Å². The van der Waals surface area contributed by atoms with Gasteiger partial charge in [-0.05, 0) is 30.3 Å². The molecule has 2 rings (SSSR count). The summed E-state index contributed by atoms with van der Waals surface area (Å²) in [5, 5.41) is 3.74. The minimum atomic E-state index is -0.170. The molecule has 0 aliphatic rings. The van der Waals surface area contributed by atoms with Gasteiger partial charge >= 0.3 is 0 Å². The van der Waals surface area contributed by atoms with Gasteiger partial charge in [0.25, 0.3) is 0 Å². The number of carbonyl (C=O) groups is 1. The number of halogens is 2. The van der Waals surface area contributed by atoms with E-state index in [0.29, 0.717) is 27.0 Å². The van der Waals surface area contributed by atoms with Crippen LogP contribution in [0.3, 0.4) is 0 Å². The predicted molar refractivity (Wildman–Crippen MR) is 73.7 cm³/mol. The Morgan fingerprint density at radius 2 is 1.89 bits per heavy atom. The van der Waals surface area contributed by atoms with E-state index in [1.54, 1.807) is 43.6 Å². The number of pyridine rings is 1. The first kappa shape index (κ1) is 12.9. The third-order valence-electron chi connectivity index (χ3n) is 2.41. The molecule has 1 heterocycles. The molecule has 0 unspecified atom stereocenters. The highest BCUT2D eigenvalue weighted by Crippen LogP contribution is 2.23. The highest BCUT2D eigenvalue weighted by Gasteiger charge is 2.14. The first-order valence-corrected chi connectivity index (χ1v) is 6.01. The lowest BCUT2D eigenvalue weighted by Gasteiger charge is -2.07. The summed E-state index contributed by atoms with van der Waals surface area (Å²) < 4.78 is 0. The van der Waals surface area contributed by atoms with E-state index in [-0.39, 0.29) is 5.78 Å². The predicted octanol–water partition coefficient (Wildman–Crippen LogP) is 3.66. The lowest BCUT2D eigenvalue weighted by Crippen LogP contribution is -2.06. The Balaban J connectivity index is 2.47. The second-order valence-electron chi connectivity index (χ2n) is 3.64. The first-order valence-electron chi connectivity index (χ1n) is 5.25. The normalized spacial score (nSPS) is 10.2. The standard InChI is InChI=1S/C13H10Cl2N2O/c1-16-13-11(3-2-4-17-13)12(18)8-5-9(14)7-10(15)6-8/h2-7H,1H3,(H,16,17). The third-order valence-corrected chi connectivity index (χ3v) is 2.85. The number of ketones is 1. The van der Waals surface area contributed by atoms with Crippen molar-refractivity contribution in [3.05, 3.63) is 57.7 Å². The van der Waals surface area contributed by atoms with Crippen LogP contribution in [0.1, 0.15) is 15.9 Å². The topological polar surface area (TPSA) is 42.0 Å². The molecule has 0 aliphatic heterocycles. The number of carbonyl (C=O) groups excluding carboxylic acids is 1. The summed E-state index contributed by atoms with van der Waals surface area (Å²) in [6.07, 6.45) is 1.62. The number of hydrogen-bond acceptors (Lipinski definition) is 3. The fourth-order valence-corrected chi connectivity index (χ4v) is 2.15. The van der Waals surface area contributed by atoms with Gasteiger partial charge in [-0.25, -0.2) is 4.98 Å². The maximum atomic E-state index is 12.3. The summed E-state index contributed by atoms with van der Waals surface area (Å²) in [5.74, 6) is 0.357. The maximum Gasteiger partial charge on any atom is 0.196 e. The van der Waals surface area contributed by atoms with Gasteiger partial charge < -0.3 is 5.32 Å². The summed E-state index contributed by atoms with van der Waals surface area (Å²) in [6, 6.07) is 8.17. The lowest BCUT2D eigenvalue weighted by molar-refractivity contribution is 0.103. The van der Waals surface area contributed by atoms with E-state index < -0.39 is 0 Å². The average molecular weight is 281 g/mol. The van der Waals surface area contributed by atoms with Crippen LogP contribution < -0.4 is 5.32 Å². The van der Waals surface area contributed by atoms with Crippen LogP contribution in [0.15, 0.2) is 36.5 Å². The van der Waals surface area contributed by atoms with Crippen LogP contribution in [-0.4, -0.2) is 17.8 Å². The Hall–Kier alpha value is -1.58. The van der Waals surface area contributed by atoms with Crippen LogP contribution in [-0.2, 0) is 0 Å². The number of nitrogens with one attached hydrogen (secondary N) is 1. The number of benzene rings is 1. The second-order valence-corrected chi connectivity index (χ2v) is 4.51. The molecule has 0 amide bonds. The quantitative estimate of drug-likeness (QED) is 0.873. The van der Waals surface area contributed by atoms with Gasteiger partial charge in [0, 0.05) is 28.9 Å². The van der Waals surface area contributed by atoms with E-state index in [1.165, 1.54) is 0 Å². The molecule has 1 aromatic carbocycles. The van der Waals surface area contributed by atoms with Gasteiger partial charge in [0.05, 0.1) is 5.56 Å². The molecule has 0 aliphatic carbocycles. The fourth-order valence-electron chi connectivity index (χ4n) is 1.63. The van der Waals surface area contributed by atoms with E-state index in [4.69, 9.17) is 23.2 Å². The van der Waals surface area contributed by atoms with Crippen LogP contribution in [0.2, 0.25) is 10.0 Å². The Morgan fingerprint density at radius 3 is 2.50 bits per heavy atom. The Bertz CT molecular complexity index is 579. The van der Waals surface area contributed by atoms with Crippen LogP contribution in [0.4, 0.5) is 5.82 Å². The maximum absolute atomic E-state index is 12.3. The van der Waals surface area contributed by atoms with E-state index in [1.807, 2.05) is 0 Å². The largest absolute Gasteiger partial charge is 0.373 e. The molecule has 1 aromatic heterocycles. The van der Waals surface area contributed by atoms with Crippen molar-refractivity contribution in [2.75, 3.05) is 12.4 Å². The molecule has 18 heavy (non-hydrogen) atoms.